The average Bonchev–Trinajstić information content (AvgIpc) is 2.50. The minimum atomic E-state index is -0.967. The Labute approximate surface area is 133 Å². The maximum atomic E-state index is 13.4. The van der Waals surface area contributed by atoms with Crippen LogP contribution in [-0.4, -0.2) is 13.2 Å². The van der Waals surface area contributed by atoms with Crippen molar-refractivity contribution in [3.8, 4) is 11.5 Å². The monoisotopic (exact) mass is 374 g/mol. The van der Waals surface area contributed by atoms with Gasteiger partial charge in [-0.25, -0.2) is 8.78 Å². The third-order valence-electron chi connectivity index (χ3n) is 3.17. The molecule has 0 spiro atoms. The van der Waals surface area contributed by atoms with Crippen LogP contribution in [-0.2, 0) is 0 Å². The third-order valence-corrected chi connectivity index (χ3v) is 4.52. The average molecular weight is 376 g/mol. The molecule has 21 heavy (non-hydrogen) atoms. The Balaban J connectivity index is 1.98. The summed E-state index contributed by atoms with van der Waals surface area (Å²) in [6, 6.07) is 7.47. The zero-order valence-electron chi connectivity index (χ0n) is 10.7. The molecule has 1 aliphatic rings. The molecule has 110 valence electrons. The summed E-state index contributed by atoms with van der Waals surface area (Å²) in [4.78, 5) is -0.379. The first-order valence-electron chi connectivity index (χ1n) is 6.24. The summed E-state index contributed by atoms with van der Waals surface area (Å²) in [5, 5.41) is 0.158. The highest BCUT2D eigenvalue weighted by Crippen LogP contribution is 2.40. The molecule has 1 heterocycles. The summed E-state index contributed by atoms with van der Waals surface area (Å²) in [5.41, 5.74) is 1.26. The van der Waals surface area contributed by atoms with E-state index in [1.807, 2.05) is 6.07 Å². The normalized spacial score (nSPS) is 14.9. The molecule has 0 fully saturated rings. The van der Waals surface area contributed by atoms with Crippen LogP contribution in [0.3, 0.4) is 0 Å². The number of benzene rings is 2. The standard InChI is InChI=1S/C15H10BrClF2O2/c16-15(9-6-11(18)12(19)7-10(9)17)8-1-2-13-14(5-8)21-4-3-20-13/h1-2,5-7,15H,3-4H2. The van der Waals surface area contributed by atoms with E-state index >= 15 is 0 Å². The number of rotatable bonds is 2. The maximum absolute atomic E-state index is 13.4. The number of alkyl halides is 1. The largest absolute Gasteiger partial charge is 0.486 e. The van der Waals surface area contributed by atoms with Crippen LogP contribution in [0.25, 0.3) is 0 Å². The van der Waals surface area contributed by atoms with Gasteiger partial charge in [0.05, 0.1) is 4.83 Å². The van der Waals surface area contributed by atoms with Crippen LogP contribution in [0.4, 0.5) is 8.78 Å². The maximum Gasteiger partial charge on any atom is 0.161 e. The van der Waals surface area contributed by atoms with Crippen LogP contribution in [0.1, 0.15) is 16.0 Å². The fourth-order valence-corrected chi connectivity index (χ4v) is 3.18. The Kier molecular flexibility index (Phi) is 4.04. The van der Waals surface area contributed by atoms with Crippen LogP contribution in [0, 0.1) is 11.6 Å². The minimum Gasteiger partial charge on any atom is -0.486 e. The van der Waals surface area contributed by atoms with E-state index in [2.05, 4.69) is 15.9 Å². The second-order valence-electron chi connectivity index (χ2n) is 4.55. The molecule has 0 saturated carbocycles. The van der Waals surface area contributed by atoms with Gasteiger partial charge in [-0.2, -0.15) is 0 Å². The predicted molar refractivity (Wildman–Crippen MR) is 79.6 cm³/mol. The molecule has 0 saturated heterocycles. The van der Waals surface area contributed by atoms with Gasteiger partial charge < -0.3 is 9.47 Å². The fourth-order valence-electron chi connectivity index (χ4n) is 2.13. The highest BCUT2D eigenvalue weighted by molar-refractivity contribution is 9.09. The number of halogens is 4. The van der Waals surface area contributed by atoms with Crippen molar-refractivity contribution in [2.75, 3.05) is 13.2 Å². The summed E-state index contributed by atoms with van der Waals surface area (Å²) in [6.45, 7) is 0.994. The second kappa shape index (κ2) is 5.81. The Hall–Kier alpha value is -1.33. The summed E-state index contributed by atoms with van der Waals surface area (Å²) in [5.74, 6) is -0.606. The quantitative estimate of drug-likeness (QED) is 0.550. The summed E-state index contributed by atoms with van der Waals surface area (Å²) in [6.07, 6.45) is 0. The van der Waals surface area contributed by atoms with Crippen molar-refractivity contribution in [2.24, 2.45) is 0 Å². The van der Waals surface area contributed by atoms with Gasteiger partial charge in [-0.05, 0) is 35.4 Å². The molecule has 0 aliphatic carbocycles. The molecule has 2 nitrogen and oxygen atoms in total. The molecule has 0 amide bonds. The molecule has 0 radical (unpaired) electrons. The van der Waals surface area contributed by atoms with Crippen molar-refractivity contribution in [1.29, 1.82) is 0 Å². The van der Waals surface area contributed by atoms with Gasteiger partial charge in [0.1, 0.15) is 13.2 Å². The van der Waals surface area contributed by atoms with Gasteiger partial charge in [-0.1, -0.05) is 33.6 Å². The first-order valence-corrected chi connectivity index (χ1v) is 7.53. The van der Waals surface area contributed by atoms with Gasteiger partial charge in [-0.15, -0.1) is 0 Å². The van der Waals surface area contributed by atoms with E-state index < -0.39 is 11.6 Å². The van der Waals surface area contributed by atoms with Gasteiger partial charge in [0.2, 0.25) is 0 Å². The van der Waals surface area contributed by atoms with Gasteiger partial charge in [-0.3, -0.25) is 0 Å². The molecule has 2 aromatic carbocycles. The predicted octanol–water partition coefficient (Wildman–Crippen LogP) is 4.87. The minimum absolute atomic E-state index is 0.158. The van der Waals surface area contributed by atoms with E-state index in [9.17, 15) is 8.78 Å². The van der Waals surface area contributed by atoms with E-state index in [0.717, 1.165) is 17.7 Å². The van der Waals surface area contributed by atoms with E-state index in [4.69, 9.17) is 21.1 Å². The van der Waals surface area contributed by atoms with Gasteiger partial charge in [0.15, 0.2) is 23.1 Å². The summed E-state index contributed by atoms with van der Waals surface area (Å²) in [7, 11) is 0. The zero-order chi connectivity index (χ0) is 15.0. The molecule has 3 rings (SSSR count). The van der Waals surface area contributed by atoms with Crippen LogP contribution in [0.5, 0.6) is 11.5 Å². The molecule has 1 unspecified atom stereocenters. The summed E-state index contributed by atoms with van der Waals surface area (Å²) >= 11 is 9.46. The van der Waals surface area contributed by atoms with Crippen LogP contribution >= 0.6 is 27.5 Å². The molecule has 1 atom stereocenters. The van der Waals surface area contributed by atoms with Gasteiger partial charge in [0, 0.05) is 5.02 Å². The second-order valence-corrected chi connectivity index (χ2v) is 5.88. The molecule has 2 aromatic rings. The molecule has 0 aromatic heterocycles. The lowest BCUT2D eigenvalue weighted by atomic mass is 10.0. The SMILES string of the molecule is Fc1cc(Cl)c(C(Br)c2ccc3c(c2)OCCO3)cc1F. The van der Waals surface area contributed by atoms with E-state index in [1.165, 1.54) is 0 Å². The van der Waals surface area contributed by atoms with Crippen LogP contribution in [0.15, 0.2) is 30.3 Å². The van der Waals surface area contributed by atoms with Crippen molar-refractivity contribution < 1.29 is 18.3 Å². The van der Waals surface area contributed by atoms with E-state index in [-0.39, 0.29) is 9.85 Å². The summed E-state index contributed by atoms with van der Waals surface area (Å²) < 4.78 is 37.5. The van der Waals surface area contributed by atoms with Crippen molar-refractivity contribution in [2.45, 2.75) is 4.83 Å². The van der Waals surface area contributed by atoms with Crippen molar-refractivity contribution >= 4 is 27.5 Å². The molecular formula is C15H10BrClF2O2. The lowest BCUT2D eigenvalue weighted by Gasteiger charge is -2.20. The molecule has 0 bridgehead atoms. The van der Waals surface area contributed by atoms with Gasteiger partial charge >= 0.3 is 0 Å². The van der Waals surface area contributed by atoms with E-state index in [1.54, 1.807) is 12.1 Å². The Morgan fingerprint density at radius 1 is 1.00 bits per heavy atom. The first kappa shape index (κ1) is 14.6. The number of hydrogen-bond donors (Lipinski definition) is 0. The Morgan fingerprint density at radius 3 is 2.43 bits per heavy atom. The highest BCUT2D eigenvalue weighted by atomic mass is 79.9. The van der Waals surface area contributed by atoms with Crippen molar-refractivity contribution in [1.82, 2.24) is 0 Å². The fraction of sp³-hybridized carbons (Fsp3) is 0.200. The lowest BCUT2D eigenvalue weighted by Crippen LogP contribution is -2.15. The lowest BCUT2D eigenvalue weighted by molar-refractivity contribution is 0.171. The third kappa shape index (κ3) is 2.85. The molecular weight excluding hydrogens is 366 g/mol. The van der Waals surface area contributed by atoms with E-state index in [0.29, 0.717) is 30.3 Å². The molecule has 0 N–H and O–H groups in total. The number of ether oxygens (including phenoxy) is 2. The zero-order valence-corrected chi connectivity index (χ0v) is 13.0. The number of hydrogen-bond acceptors (Lipinski definition) is 2. The highest BCUT2D eigenvalue weighted by Gasteiger charge is 2.20. The topological polar surface area (TPSA) is 18.5 Å². The van der Waals surface area contributed by atoms with Crippen molar-refractivity contribution in [3.63, 3.8) is 0 Å². The van der Waals surface area contributed by atoms with Crippen molar-refractivity contribution in [3.05, 3.63) is 58.1 Å². The smallest absolute Gasteiger partial charge is 0.161 e. The van der Waals surface area contributed by atoms with Gasteiger partial charge in [0.25, 0.3) is 0 Å². The molecule has 6 heteroatoms. The first-order chi connectivity index (χ1) is 10.1. The number of fused-ring (bicyclic) bond motifs is 1. The molecule has 1 aliphatic heterocycles. The Morgan fingerprint density at radius 2 is 1.67 bits per heavy atom. The van der Waals surface area contributed by atoms with Crippen LogP contribution in [0.2, 0.25) is 5.02 Å². The van der Waals surface area contributed by atoms with Crippen LogP contribution < -0.4 is 9.47 Å². The Bertz CT molecular complexity index is 694.